The van der Waals surface area contributed by atoms with E-state index in [0.717, 1.165) is 60.2 Å². The molecule has 0 radical (unpaired) electrons. The molecule has 0 spiro atoms. The van der Waals surface area contributed by atoms with Gasteiger partial charge in [-0.1, -0.05) is 25.1 Å². The number of benzene rings is 2. The zero-order valence-corrected chi connectivity index (χ0v) is 21.7. The van der Waals surface area contributed by atoms with Gasteiger partial charge in [0.1, 0.15) is 0 Å². The van der Waals surface area contributed by atoms with E-state index in [1.54, 1.807) is 14.2 Å². The van der Waals surface area contributed by atoms with E-state index in [9.17, 15) is 4.79 Å². The van der Waals surface area contributed by atoms with E-state index in [1.165, 1.54) is 0 Å². The summed E-state index contributed by atoms with van der Waals surface area (Å²) in [5.41, 5.74) is 3.04. The highest BCUT2D eigenvalue weighted by Crippen LogP contribution is 2.27. The van der Waals surface area contributed by atoms with Crippen LogP contribution in [-0.2, 0) is 17.8 Å². The molecule has 0 saturated carbocycles. The van der Waals surface area contributed by atoms with Crippen molar-refractivity contribution < 1.29 is 14.3 Å². The monoisotopic (exact) mass is 554 g/mol. The fourth-order valence-electron chi connectivity index (χ4n) is 3.02. The fourth-order valence-corrected chi connectivity index (χ4v) is 3.02. The molecule has 3 N–H and O–H groups in total. The molecule has 0 aliphatic rings. The molecular formula is C24H35IN4O3. The predicted molar refractivity (Wildman–Crippen MR) is 141 cm³/mol. The number of hydrogen-bond donors (Lipinski definition) is 3. The number of aliphatic imine (C=N–C) groups is 1. The van der Waals surface area contributed by atoms with Gasteiger partial charge < -0.3 is 25.4 Å². The lowest BCUT2D eigenvalue weighted by Crippen LogP contribution is -2.38. The van der Waals surface area contributed by atoms with Gasteiger partial charge in [-0.2, -0.15) is 0 Å². The summed E-state index contributed by atoms with van der Waals surface area (Å²) in [4.78, 5) is 16.4. The van der Waals surface area contributed by atoms with Crippen molar-refractivity contribution in [3.05, 3.63) is 53.6 Å². The van der Waals surface area contributed by atoms with Crippen LogP contribution >= 0.6 is 24.0 Å². The van der Waals surface area contributed by atoms with E-state index in [4.69, 9.17) is 9.47 Å². The maximum absolute atomic E-state index is 11.7. The second-order valence-corrected chi connectivity index (χ2v) is 7.06. The van der Waals surface area contributed by atoms with Crippen LogP contribution < -0.4 is 25.4 Å². The predicted octanol–water partition coefficient (Wildman–Crippen LogP) is 4.36. The van der Waals surface area contributed by atoms with Gasteiger partial charge in [-0.3, -0.25) is 4.79 Å². The minimum atomic E-state index is 0. The summed E-state index contributed by atoms with van der Waals surface area (Å²) in [5.74, 6) is 2.27. The minimum Gasteiger partial charge on any atom is -0.493 e. The van der Waals surface area contributed by atoms with Crippen LogP contribution in [0.1, 0.15) is 37.8 Å². The molecule has 0 unspecified atom stereocenters. The molecule has 0 saturated heterocycles. The normalized spacial score (nSPS) is 10.7. The number of anilines is 1. The molecule has 1 amide bonds. The first-order chi connectivity index (χ1) is 15.1. The number of amides is 1. The molecule has 0 aliphatic heterocycles. The summed E-state index contributed by atoms with van der Waals surface area (Å²) in [6, 6.07) is 13.7. The van der Waals surface area contributed by atoms with E-state index >= 15 is 0 Å². The zero-order chi connectivity index (χ0) is 22.5. The molecule has 2 aromatic carbocycles. The summed E-state index contributed by atoms with van der Waals surface area (Å²) >= 11 is 0. The van der Waals surface area contributed by atoms with Gasteiger partial charge in [-0.05, 0) is 55.2 Å². The van der Waals surface area contributed by atoms with Gasteiger partial charge >= 0.3 is 0 Å². The molecular weight excluding hydrogens is 519 g/mol. The third-order valence-electron chi connectivity index (χ3n) is 4.63. The van der Waals surface area contributed by atoms with Crippen molar-refractivity contribution in [3.63, 3.8) is 0 Å². The van der Waals surface area contributed by atoms with Crippen molar-refractivity contribution in [3.8, 4) is 11.5 Å². The molecule has 0 aliphatic carbocycles. The number of nitrogens with zero attached hydrogens (tertiary/aromatic N) is 1. The molecule has 0 atom stereocenters. The summed E-state index contributed by atoms with van der Waals surface area (Å²) in [5, 5.41) is 9.53. The maximum atomic E-state index is 11.7. The molecule has 2 aromatic rings. The van der Waals surface area contributed by atoms with Crippen molar-refractivity contribution in [2.75, 3.05) is 32.6 Å². The third-order valence-corrected chi connectivity index (χ3v) is 4.63. The summed E-state index contributed by atoms with van der Waals surface area (Å²) in [7, 11) is 3.27. The van der Waals surface area contributed by atoms with Gasteiger partial charge in [0.2, 0.25) is 5.91 Å². The first-order valence-electron chi connectivity index (χ1n) is 10.7. The Morgan fingerprint density at radius 3 is 2.25 bits per heavy atom. The second-order valence-electron chi connectivity index (χ2n) is 7.06. The zero-order valence-electron chi connectivity index (χ0n) is 19.4. The molecule has 2 rings (SSSR count). The molecule has 32 heavy (non-hydrogen) atoms. The van der Waals surface area contributed by atoms with Crippen LogP contribution in [0.2, 0.25) is 0 Å². The quantitative estimate of drug-likeness (QED) is 0.219. The highest BCUT2D eigenvalue weighted by Gasteiger charge is 2.05. The van der Waals surface area contributed by atoms with Crippen LogP contribution in [0.3, 0.4) is 0 Å². The number of halogens is 1. The standard InChI is InChI=1S/C24H34N4O3.HI/c1-5-7-23(29)28-20-11-8-19(9-12-20)17-27-24(25-6-2)26-15-14-18-10-13-21(30-3)22(16-18)31-4;/h8-13,16H,5-7,14-15,17H2,1-4H3,(H,28,29)(H2,25,26,27);1H. The second kappa shape index (κ2) is 15.3. The van der Waals surface area contributed by atoms with E-state index < -0.39 is 0 Å². The molecule has 0 fully saturated rings. The Bertz CT molecular complexity index is 857. The topological polar surface area (TPSA) is 84.0 Å². The SMILES string of the molecule is CCCC(=O)Nc1ccc(CN=C(NCC)NCCc2ccc(OC)c(OC)c2)cc1.I. The number of nitrogens with one attached hydrogen (secondary N) is 3. The van der Waals surface area contributed by atoms with Crippen molar-refractivity contribution in [1.29, 1.82) is 0 Å². The molecule has 0 aromatic heterocycles. The Labute approximate surface area is 208 Å². The lowest BCUT2D eigenvalue weighted by Gasteiger charge is -2.13. The van der Waals surface area contributed by atoms with Crippen LogP contribution in [0.5, 0.6) is 11.5 Å². The molecule has 8 heteroatoms. The van der Waals surface area contributed by atoms with Gasteiger partial charge in [0.05, 0.1) is 20.8 Å². The van der Waals surface area contributed by atoms with Gasteiger partial charge in [-0.15, -0.1) is 24.0 Å². The lowest BCUT2D eigenvalue weighted by atomic mass is 10.1. The first kappa shape index (κ1) is 27.5. The van der Waals surface area contributed by atoms with Gasteiger partial charge in [0.25, 0.3) is 0 Å². The van der Waals surface area contributed by atoms with Crippen molar-refractivity contribution in [2.24, 2.45) is 4.99 Å². The van der Waals surface area contributed by atoms with Gasteiger partial charge in [-0.25, -0.2) is 4.99 Å². The number of carbonyl (C=O) groups excluding carboxylic acids is 1. The van der Waals surface area contributed by atoms with Crippen molar-refractivity contribution >= 4 is 41.5 Å². The number of ether oxygens (including phenoxy) is 2. The van der Waals surface area contributed by atoms with Crippen LogP contribution in [-0.4, -0.2) is 39.2 Å². The average Bonchev–Trinajstić information content (AvgIpc) is 2.78. The third kappa shape index (κ3) is 9.33. The Morgan fingerprint density at radius 2 is 1.62 bits per heavy atom. The summed E-state index contributed by atoms with van der Waals surface area (Å²) < 4.78 is 10.7. The van der Waals surface area contributed by atoms with E-state index in [1.807, 2.05) is 56.3 Å². The average molecular weight is 554 g/mol. The largest absolute Gasteiger partial charge is 0.493 e. The first-order valence-corrected chi connectivity index (χ1v) is 10.7. The van der Waals surface area contributed by atoms with Gasteiger partial charge in [0, 0.05) is 25.2 Å². The number of guanidine groups is 1. The Hall–Kier alpha value is -2.49. The number of carbonyl (C=O) groups is 1. The van der Waals surface area contributed by atoms with Crippen LogP contribution in [0, 0.1) is 0 Å². The fraction of sp³-hybridized carbons (Fsp3) is 0.417. The number of hydrogen-bond acceptors (Lipinski definition) is 4. The Kier molecular flexibility index (Phi) is 13.2. The van der Waals surface area contributed by atoms with Crippen molar-refractivity contribution in [2.45, 2.75) is 39.7 Å². The Morgan fingerprint density at radius 1 is 0.938 bits per heavy atom. The van der Waals surface area contributed by atoms with E-state index in [2.05, 4.69) is 20.9 Å². The van der Waals surface area contributed by atoms with Crippen LogP contribution in [0.15, 0.2) is 47.5 Å². The molecule has 0 heterocycles. The smallest absolute Gasteiger partial charge is 0.224 e. The van der Waals surface area contributed by atoms with Gasteiger partial charge in [0.15, 0.2) is 17.5 Å². The highest BCUT2D eigenvalue weighted by molar-refractivity contribution is 14.0. The lowest BCUT2D eigenvalue weighted by molar-refractivity contribution is -0.116. The molecule has 7 nitrogen and oxygen atoms in total. The molecule has 176 valence electrons. The number of rotatable bonds is 11. The Balaban J connectivity index is 0.00000512. The minimum absolute atomic E-state index is 0. The summed E-state index contributed by atoms with van der Waals surface area (Å²) in [6.45, 7) is 6.10. The highest BCUT2D eigenvalue weighted by atomic mass is 127. The maximum Gasteiger partial charge on any atom is 0.224 e. The van der Waals surface area contributed by atoms with Crippen LogP contribution in [0.4, 0.5) is 5.69 Å². The van der Waals surface area contributed by atoms with E-state index in [0.29, 0.717) is 13.0 Å². The van der Waals surface area contributed by atoms with E-state index in [-0.39, 0.29) is 29.9 Å². The molecule has 0 bridgehead atoms. The van der Waals surface area contributed by atoms with Crippen molar-refractivity contribution in [1.82, 2.24) is 10.6 Å². The summed E-state index contributed by atoms with van der Waals surface area (Å²) in [6.07, 6.45) is 2.20. The van der Waals surface area contributed by atoms with Crippen LogP contribution in [0.25, 0.3) is 0 Å². The number of methoxy groups -OCH3 is 2.